The number of hydrogen-bond donors (Lipinski definition) is 4. The van der Waals surface area contributed by atoms with Gasteiger partial charge in [0.15, 0.2) is 12.4 Å². The van der Waals surface area contributed by atoms with E-state index in [1.165, 1.54) is 83.5 Å². The van der Waals surface area contributed by atoms with Gasteiger partial charge in [-0.25, -0.2) is 0 Å². The van der Waals surface area contributed by atoms with E-state index in [0.717, 1.165) is 70.6 Å². The van der Waals surface area contributed by atoms with Crippen LogP contribution in [0.1, 0.15) is 194 Å². The zero-order chi connectivity index (χ0) is 45.5. The molecule has 1 rings (SSSR count). The Labute approximate surface area is 375 Å². The summed E-state index contributed by atoms with van der Waals surface area (Å²) in [5.74, 6) is -2.01. The Kier molecular flexibility index (Phi) is 36.3. The number of allylic oxidation sites excluding steroid dienone is 8. The van der Waals surface area contributed by atoms with Crippen molar-refractivity contribution in [2.45, 2.75) is 230 Å². The smallest absolute Gasteiger partial charge is 0.306 e. The monoisotopic (exact) mass is 899 g/mol. The predicted octanol–water partition coefficient (Wildman–Crippen LogP) is 10.3. The van der Waals surface area contributed by atoms with Crippen molar-refractivity contribution in [2.24, 2.45) is 0 Å². The third-order valence-corrected chi connectivity index (χ3v) is 11.7. The van der Waals surface area contributed by atoms with E-state index < -0.39 is 71.2 Å². The van der Waals surface area contributed by atoms with Crippen LogP contribution in [-0.4, -0.2) is 96.0 Å². The molecular weight excluding hydrogens is 813 g/mol. The first kappa shape index (κ1) is 57.6. The van der Waals surface area contributed by atoms with Gasteiger partial charge in [0, 0.05) is 12.8 Å². The lowest BCUT2D eigenvalue weighted by Crippen LogP contribution is -2.60. The summed E-state index contributed by atoms with van der Waals surface area (Å²) in [7, 11) is -4.61. The van der Waals surface area contributed by atoms with Gasteiger partial charge in [0.1, 0.15) is 36.8 Å². The molecule has 4 N–H and O–H groups in total. The van der Waals surface area contributed by atoms with Crippen LogP contribution in [0.5, 0.6) is 0 Å². The van der Waals surface area contributed by atoms with E-state index in [4.69, 9.17) is 18.9 Å². The second kappa shape index (κ2) is 39.0. The third-order valence-electron chi connectivity index (χ3n) is 10.9. The minimum atomic E-state index is -4.61. The molecule has 6 atom stereocenters. The molecule has 0 bridgehead atoms. The number of rotatable bonds is 40. The first-order chi connectivity index (χ1) is 30.0. The number of carbonyl (C=O) groups excluding carboxylic acids is 2. The van der Waals surface area contributed by atoms with Gasteiger partial charge < -0.3 is 34.3 Å². The summed E-state index contributed by atoms with van der Waals surface area (Å²) in [6.45, 7) is 3.64. The summed E-state index contributed by atoms with van der Waals surface area (Å²) in [4.78, 5) is 25.5. The molecule has 1 aliphatic rings. The van der Waals surface area contributed by atoms with Crippen molar-refractivity contribution in [1.29, 1.82) is 0 Å². The van der Waals surface area contributed by atoms with Gasteiger partial charge >= 0.3 is 11.9 Å². The minimum Gasteiger partial charge on any atom is -0.462 e. The minimum absolute atomic E-state index is 0.136. The highest BCUT2D eigenvalue weighted by molar-refractivity contribution is 7.85. The van der Waals surface area contributed by atoms with Crippen molar-refractivity contribution in [3.8, 4) is 0 Å². The Bertz CT molecular complexity index is 1330. The van der Waals surface area contributed by atoms with Crippen molar-refractivity contribution in [3.63, 3.8) is 0 Å². The summed E-state index contributed by atoms with van der Waals surface area (Å²) in [6.07, 6.45) is 37.2. The van der Waals surface area contributed by atoms with Crippen molar-refractivity contribution in [3.05, 3.63) is 48.6 Å². The fourth-order valence-corrected chi connectivity index (χ4v) is 7.89. The maximum absolute atomic E-state index is 12.8. The average molecular weight is 899 g/mol. The molecule has 1 saturated heterocycles. The van der Waals surface area contributed by atoms with Gasteiger partial charge in [0.2, 0.25) is 0 Å². The van der Waals surface area contributed by atoms with Crippen LogP contribution >= 0.6 is 0 Å². The molecule has 0 aromatic rings. The predicted molar refractivity (Wildman–Crippen MR) is 247 cm³/mol. The fraction of sp³-hybridized carbons (Fsp3) is 0.796. The van der Waals surface area contributed by atoms with Crippen molar-refractivity contribution in [2.75, 3.05) is 19.0 Å². The molecular formula is C49H86O12S. The van der Waals surface area contributed by atoms with Crippen LogP contribution in [-0.2, 0) is 38.7 Å². The van der Waals surface area contributed by atoms with Gasteiger partial charge in [0.25, 0.3) is 10.1 Å². The molecule has 0 aromatic heterocycles. The van der Waals surface area contributed by atoms with E-state index in [1.54, 1.807) is 0 Å². The molecule has 1 heterocycles. The number of unbranched alkanes of at least 4 members (excludes halogenated alkanes) is 20. The van der Waals surface area contributed by atoms with E-state index in [2.05, 4.69) is 62.5 Å². The molecule has 360 valence electrons. The van der Waals surface area contributed by atoms with E-state index >= 15 is 0 Å². The lowest BCUT2D eigenvalue weighted by atomic mass is 10.00. The van der Waals surface area contributed by atoms with Crippen LogP contribution < -0.4 is 0 Å². The van der Waals surface area contributed by atoms with E-state index in [0.29, 0.717) is 12.8 Å². The number of carbonyl (C=O) groups is 2. The van der Waals surface area contributed by atoms with Gasteiger partial charge in [-0.1, -0.05) is 178 Å². The molecule has 1 aliphatic heterocycles. The Hall–Kier alpha value is -2.39. The molecule has 13 heteroatoms. The maximum Gasteiger partial charge on any atom is 0.306 e. The maximum atomic E-state index is 12.8. The van der Waals surface area contributed by atoms with E-state index in [1.807, 2.05) is 0 Å². The summed E-state index contributed by atoms with van der Waals surface area (Å²) in [6, 6.07) is 0. The van der Waals surface area contributed by atoms with Crippen LogP contribution in [0.2, 0.25) is 0 Å². The molecule has 62 heavy (non-hydrogen) atoms. The number of ether oxygens (including phenoxy) is 4. The van der Waals surface area contributed by atoms with Crippen LogP contribution in [0.4, 0.5) is 0 Å². The standard InChI is InChI=1S/C49H86O12S/c1-3-5-7-9-11-13-15-17-19-21-23-25-27-29-31-33-35-37-44(50)58-39-42(40-59-49-48(54)47(53)46(52)43(61-49)41-62(55,56)57)60-45(51)38-36-34-32-30-28-26-24-22-20-18-16-14-12-10-8-6-4-2/h6,8,12,14,18,20,24,26,42-43,46-49,52-54H,3-5,7,9-11,13,15-17,19,21-23,25,27-41H2,1-2H3,(H,55,56,57)/b8-6-,14-12-,20-18-,26-24-. The Morgan fingerprint density at radius 1 is 0.565 bits per heavy atom. The highest BCUT2D eigenvalue weighted by Crippen LogP contribution is 2.24. The zero-order valence-corrected chi connectivity index (χ0v) is 39.3. The van der Waals surface area contributed by atoms with Gasteiger partial charge in [-0.05, 0) is 51.4 Å². The largest absolute Gasteiger partial charge is 0.462 e. The first-order valence-electron chi connectivity index (χ1n) is 24.2. The number of aliphatic hydroxyl groups excluding tert-OH is 3. The summed E-state index contributed by atoms with van der Waals surface area (Å²) >= 11 is 0. The Balaban J connectivity index is 2.43. The van der Waals surface area contributed by atoms with Crippen LogP contribution in [0.15, 0.2) is 48.6 Å². The second-order valence-corrected chi connectivity index (χ2v) is 18.2. The summed E-state index contributed by atoms with van der Waals surface area (Å²) < 4.78 is 54.1. The molecule has 6 unspecified atom stereocenters. The number of hydrogen-bond acceptors (Lipinski definition) is 11. The molecule has 0 radical (unpaired) electrons. The molecule has 1 fully saturated rings. The normalized spacial score (nSPS) is 20.3. The SMILES string of the molecule is CC/C=C\C/C=C\C/C=C\C/C=C\CCCCCCC(=O)OC(COC(=O)CCCCCCCCCCCCCCCCCCC)COC1OC(CS(=O)(=O)O)C(O)C(O)C1O. The van der Waals surface area contributed by atoms with E-state index in [-0.39, 0.29) is 19.4 Å². The average Bonchev–Trinajstić information content (AvgIpc) is 3.24. The highest BCUT2D eigenvalue weighted by Gasteiger charge is 2.46. The summed E-state index contributed by atoms with van der Waals surface area (Å²) in [5, 5.41) is 30.9. The molecule has 0 spiro atoms. The van der Waals surface area contributed by atoms with Gasteiger partial charge in [-0.2, -0.15) is 8.42 Å². The lowest BCUT2D eigenvalue weighted by molar-refractivity contribution is -0.297. The lowest BCUT2D eigenvalue weighted by Gasteiger charge is -2.40. The van der Waals surface area contributed by atoms with E-state index in [9.17, 15) is 37.9 Å². The quantitative estimate of drug-likeness (QED) is 0.0198. The van der Waals surface area contributed by atoms with Crippen molar-refractivity contribution >= 4 is 22.1 Å². The second-order valence-electron chi connectivity index (χ2n) is 16.8. The van der Waals surface area contributed by atoms with Crippen molar-refractivity contribution < 1.29 is 56.8 Å². The van der Waals surface area contributed by atoms with Crippen LogP contribution in [0, 0.1) is 0 Å². The Morgan fingerprint density at radius 3 is 1.52 bits per heavy atom. The van der Waals surface area contributed by atoms with Gasteiger partial charge in [-0.15, -0.1) is 0 Å². The number of aliphatic hydroxyl groups is 3. The Morgan fingerprint density at radius 2 is 1.02 bits per heavy atom. The zero-order valence-electron chi connectivity index (χ0n) is 38.5. The van der Waals surface area contributed by atoms with Crippen molar-refractivity contribution in [1.82, 2.24) is 0 Å². The number of esters is 2. The topological polar surface area (TPSA) is 186 Å². The fourth-order valence-electron chi connectivity index (χ4n) is 7.20. The van der Waals surface area contributed by atoms with Gasteiger partial charge in [-0.3, -0.25) is 14.1 Å². The van der Waals surface area contributed by atoms with Crippen LogP contribution in [0.3, 0.4) is 0 Å². The highest BCUT2D eigenvalue weighted by atomic mass is 32.2. The molecule has 0 amide bonds. The molecule has 12 nitrogen and oxygen atoms in total. The van der Waals surface area contributed by atoms with Crippen LogP contribution in [0.25, 0.3) is 0 Å². The molecule has 0 saturated carbocycles. The van der Waals surface area contributed by atoms with Gasteiger partial charge in [0.05, 0.1) is 6.61 Å². The molecule has 0 aromatic carbocycles. The molecule has 0 aliphatic carbocycles. The third kappa shape index (κ3) is 33.2. The summed E-state index contributed by atoms with van der Waals surface area (Å²) in [5.41, 5.74) is 0. The first-order valence-corrected chi connectivity index (χ1v) is 25.8.